The molecule has 0 amide bonds. The molecule has 2 unspecified atom stereocenters. The number of aryl methyl sites for hydroxylation is 1. The first kappa shape index (κ1) is 14.3. The van der Waals surface area contributed by atoms with E-state index in [9.17, 15) is 0 Å². The molecule has 1 aliphatic heterocycles. The van der Waals surface area contributed by atoms with E-state index in [1.54, 1.807) is 0 Å². The molecule has 4 heteroatoms. The van der Waals surface area contributed by atoms with Gasteiger partial charge in [0.2, 0.25) is 0 Å². The first-order chi connectivity index (χ1) is 9.10. The predicted octanol–water partition coefficient (Wildman–Crippen LogP) is 3.14. The van der Waals surface area contributed by atoms with Crippen molar-refractivity contribution in [2.24, 2.45) is 5.92 Å². The lowest BCUT2D eigenvalue weighted by Crippen LogP contribution is -2.23. The van der Waals surface area contributed by atoms with Crippen LogP contribution in [0.4, 0.5) is 5.82 Å². The van der Waals surface area contributed by atoms with Crippen molar-refractivity contribution >= 4 is 5.82 Å². The predicted molar refractivity (Wildman–Crippen MR) is 77.5 cm³/mol. The molecule has 1 aromatic heterocycles. The molecule has 1 saturated heterocycles. The summed E-state index contributed by atoms with van der Waals surface area (Å²) in [5.41, 5.74) is 1.02. The number of nitrogens with zero attached hydrogens (tertiary/aromatic N) is 2. The van der Waals surface area contributed by atoms with Gasteiger partial charge >= 0.3 is 0 Å². The van der Waals surface area contributed by atoms with Crippen LogP contribution in [0.5, 0.6) is 0 Å². The van der Waals surface area contributed by atoms with E-state index in [1.165, 1.54) is 0 Å². The topological polar surface area (TPSA) is 47.0 Å². The van der Waals surface area contributed by atoms with Crippen molar-refractivity contribution in [3.05, 3.63) is 17.6 Å². The van der Waals surface area contributed by atoms with Gasteiger partial charge in [-0.25, -0.2) is 9.97 Å². The second-order valence-corrected chi connectivity index (χ2v) is 5.65. The molecule has 4 nitrogen and oxygen atoms in total. The van der Waals surface area contributed by atoms with Crippen LogP contribution < -0.4 is 5.32 Å². The third-order valence-electron chi connectivity index (χ3n) is 3.68. The Bertz CT molecular complexity index is 420. The van der Waals surface area contributed by atoms with Crippen LogP contribution in [-0.2, 0) is 4.74 Å². The zero-order chi connectivity index (χ0) is 13.8. The number of nitrogens with one attached hydrogen (secondary N) is 1. The molecule has 2 rings (SSSR count). The average Bonchev–Trinajstić information content (AvgIpc) is 2.83. The molecule has 1 N–H and O–H groups in total. The van der Waals surface area contributed by atoms with Gasteiger partial charge in [-0.05, 0) is 19.8 Å². The second-order valence-electron chi connectivity index (χ2n) is 5.65. The maximum atomic E-state index is 5.72. The molecular weight excluding hydrogens is 238 g/mol. The van der Waals surface area contributed by atoms with Gasteiger partial charge in [0.25, 0.3) is 0 Å². The van der Waals surface area contributed by atoms with Gasteiger partial charge in [0, 0.05) is 36.7 Å². The lowest BCUT2D eigenvalue weighted by atomic mass is 10.00. The van der Waals surface area contributed by atoms with Gasteiger partial charge in [-0.2, -0.15) is 0 Å². The van der Waals surface area contributed by atoms with Crippen molar-refractivity contribution < 1.29 is 4.74 Å². The Morgan fingerprint density at radius 1 is 1.42 bits per heavy atom. The Balaban J connectivity index is 1.99. The molecular formula is C15H25N3O. The fourth-order valence-corrected chi connectivity index (χ4v) is 2.55. The summed E-state index contributed by atoms with van der Waals surface area (Å²) in [7, 11) is 0. The van der Waals surface area contributed by atoms with Crippen LogP contribution in [-0.4, -0.2) is 29.2 Å². The average molecular weight is 263 g/mol. The van der Waals surface area contributed by atoms with Gasteiger partial charge in [-0.15, -0.1) is 0 Å². The quantitative estimate of drug-likeness (QED) is 0.886. The number of hydrogen-bond donors (Lipinski definition) is 1. The highest BCUT2D eigenvalue weighted by atomic mass is 16.5. The fourth-order valence-electron chi connectivity index (χ4n) is 2.55. The first-order valence-corrected chi connectivity index (χ1v) is 7.31. The molecule has 1 aromatic rings. The lowest BCUT2D eigenvalue weighted by Gasteiger charge is -2.18. The van der Waals surface area contributed by atoms with Gasteiger partial charge in [-0.3, -0.25) is 0 Å². The minimum atomic E-state index is 0.360. The van der Waals surface area contributed by atoms with Gasteiger partial charge in [-0.1, -0.05) is 20.8 Å². The van der Waals surface area contributed by atoms with E-state index >= 15 is 0 Å². The van der Waals surface area contributed by atoms with Crippen molar-refractivity contribution in [1.82, 2.24) is 9.97 Å². The van der Waals surface area contributed by atoms with Crippen LogP contribution in [0.25, 0.3) is 0 Å². The monoisotopic (exact) mass is 263 g/mol. The normalized spacial score (nSPS) is 23.0. The first-order valence-electron chi connectivity index (χ1n) is 7.31. The minimum Gasteiger partial charge on any atom is -0.378 e. The molecule has 0 aliphatic carbocycles. The summed E-state index contributed by atoms with van der Waals surface area (Å²) in [5, 5.41) is 3.46. The van der Waals surface area contributed by atoms with Crippen LogP contribution in [0, 0.1) is 12.8 Å². The molecule has 0 aromatic carbocycles. The van der Waals surface area contributed by atoms with Gasteiger partial charge in [0.05, 0.1) is 6.10 Å². The Morgan fingerprint density at radius 3 is 2.89 bits per heavy atom. The van der Waals surface area contributed by atoms with Crippen molar-refractivity contribution in [2.75, 3.05) is 18.5 Å². The Hall–Kier alpha value is -1.16. The SMILES string of the molecule is CCC1OCCC1CNc1cc(C)nc(C(C)C)n1. The largest absolute Gasteiger partial charge is 0.378 e. The second kappa shape index (κ2) is 6.33. The van der Waals surface area contributed by atoms with E-state index in [0.29, 0.717) is 17.9 Å². The third-order valence-corrected chi connectivity index (χ3v) is 3.68. The number of ether oxygens (including phenoxy) is 1. The summed E-state index contributed by atoms with van der Waals surface area (Å²) in [5.74, 6) is 2.82. The molecule has 0 bridgehead atoms. The van der Waals surface area contributed by atoms with Gasteiger partial charge in [0.1, 0.15) is 11.6 Å². The summed E-state index contributed by atoms with van der Waals surface area (Å²) in [6, 6.07) is 2.02. The zero-order valence-electron chi connectivity index (χ0n) is 12.4. The van der Waals surface area contributed by atoms with Crippen LogP contribution in [0.1, 0.15) is 51.0 Å². The Morgan fingerprint density at radius 2 is 2.21 bits per heavy atom. The Labute approximate surface area is 116 Å². The van der Waals surface area contributed by atoms with Crippen LogP contribution in [0.3, 0.4) is 0 Å². The summed E-state index contributed by atoms with van der Waals surface area (Å²) in [6.45, 7) is 10.3. The summed E-state index contributed by atoms with van der Waals surface area (Å²) in [6.07, 6.45) is 2.64. The molecule has 19 heavy (non-hydrogen) atoms. The third kappa shape index (κ3) is 3.66. The maximum absolute atomic E-state index is 5.72. The van der Waals surface area contributed by atoms with Crippen molar-refractivity contribution in [3.8, 4) is 0 Å². The minimum absolute atomic E-state index is 0.360. The van der Waals surface area contributed by atoms with Gasteiger partial charge < -0.3 is 10.1 Å². The van der Waals surface area contributed by atoms with Crippen LogP contribution in [0.15, 0.2) is 6.07 Å². The summed E-state index contributed by atoms with van der Waals surface area (Å²) >= 11 is 0. The highest BCUT2D eigenvalue weighted by Gasteiger charge is 2.26. The number of anilines is 1. The molecule has 2 heterocycles. The molecule has 1 fully saturated rings. The van der Waals surface area contributed by atoms with Crippen LogP contribution >= 0.6 is 0 Å². The van der Waals surface area contributed by atoms with Crippen molar-refractivity contribution in [1.29, 1.82) is 0 Å². The zero-order valence-corrected chi connectivity index (χ0v) is 12.4. The number of hydrogen-bond acceptors (Lipinski definition) is 4. The van der Waals surface area contributed by atoms with E-state index in [2.05, 4.69) is 36.1 Å². The van der Waals surface area contributed by atoms with Gasteiger partial charge in [0.15, 0.2) is 0 Å². The molecule has 2 atom stereocenters. The summed E-state index contributed by atoms with van der Waals surface area (Å²) < 4.78 is 5.72. The standard InChI is InChI=1S/C15H25N3O/c1-5-13-12(6-7-19-13)9-16-14-8-11(4)17-15(18-14)10(2)3/h8,10,12-13H,5-7,9H2,1-4H3,(H,16,17,18). The molecule has 0 saturated carbocycles. The molecule has 0 radical (unpaired) electrons. The fraction of sp³-hybridized carbons (Fsp3) is 0.733. The number of rotatable bonds is 5. The maximum Gasteiger partial charge on any atom is 0.133 e. The number of aromatic nitrogens is 2. The Kier molecular flexibility index (Phi) is 4.75. The smallest absolute Gasteiger partial charge is 0.133 e. The van der Waals surface area contributed by atoms with E-state index in [1.807, 2.05) is 13.0 Å². The highest BCUT2D eigenvalue weighted by Crippen LogP contribution is 2.24. The molecule has 0 spiro atoms. The van der Waals surface area contributed by atoms with Crippen LogP contribution in [0.2, 0.25) is 0 Å². The van der Waals surface area contributed by atoms with Crippen molar-refractivity contribution in [2.45, 2.75) is 52.6 Å². The van der Waals surface area contributed by atoms with E-state index in [-0.39, 0.29) is 0 Å². The van der Waals surface area contributed by atoms with E-state index < -0.39 is 0 Å². The van der Waals surface area contributed by atoms with Crippen molar-refractivity contribution in [3.63, 3.8) is 0 Å². The molecule has 1 aliphatic rings. The highest BCUT2D eigenvalue weighted by molar-refractivity contribution is 5.36. The molecule has 106 valence electrons. The summed E-state index contributed by atoms with van der Waals surface area (Å²) in [4.78, 5) is 9.05. The lowest BCUT2D eigenvalue weighted by molar-refractivity contribution is 0.0900. The van der Waals surface area contributed by atoms with E-state index in [4.69, 9.17) is 4.74 Å². The van der Waals surface area contributed by atoms with E-state index in [0.717, 1.165) is 43.3 Å².